The first-order chi connectivity index (χ1) is 11.4. The summed E-state index contributed by atoms with van der Waals surface area (Å²) in [6, 6.07) is 7.85. The van der Waals surface area contributed by atoms with Crippen molar-refractivity contribution in [2.75, 3.05) is 19.1 Å². The van der Waals surface area contributed by atoms with E-state index in [1.807, 2.05) is 0 Å². The predicted octanol–water partition coefficient (Wildman–Crippen LogP) is 2.18. The molecule has 0 atom stereocenters. The Morgan fingerprint density at radius 1 is 1.25 bits per heavy atom. The van der Waals surface area contributed by atoms with Crippen LogP contribution in [0.1, 0.15) is 5.69 Å². The van der Waals surface area contributed by atoms with Gasteiger partial charge in [-0.05, 0) is 37.4 Å². The van der Waals surface area contributed by atoms with Gasteiger partial charge in [-0.3, -0.25) is 0 Å². The molecule has 0 bridgehead atoms. The minimum Gasteiger partial charge on any atom is -0.497 e. The molecule has 126 valence electrons. The highest BCUT2D eigenvalue weighted by Gasteiger charge is 2.29. The van der Waals surface area contributed by atoms with E-state index in [4.69, 9.17) is 10.5 Å². The molecule has 3 rings (SSSR count). The summed E-state index contributed by atoms with van der Waals surface area (Å²) in [5.41, 5.74) is 6.81. The normalized spacial score (nSPS) is 11.8. The van der Waals surface area contributed by atoms with E-state index in [1.165, 1.54) is 35.5 Å². The molecule has 0 saturated heterocycles. The molecule has 9 heteroatoms. The van der Waals surface area contributed by atoms with E-state index < -0.39 is 9.84 Å². The van der Waals surface area contributed by atoms with Gasteiger partial charge in [0.25, 0.3) is 0 Å². The van der Waals surface area contributed by atoms with Crippen LogP contribution in [-0.2, 0) is 9.84 Å². The summed E-state index contributed by atoms with van der Waals surface area (Å²) in [6.07, 6.45) is 1.76. The van der Waals surface area contributed by atoms with Crippen LogP contribution in [0.2, 0.25) is 0 Å². The van der Waals surface area contributed by atoms with Gasteiger partial charge < -0.3 is 10.5 Å². The average Bonchev–Trinajstić information content (AvgIpc) is 2.94. The van der Waals surface area contributed by atoms with Crippen molar-refractivity contribution in [1.82, 2.24) is 14.6 Å². The van der Waals surface area contributed by atoms with Crippen molar-refractivity contribution in [3.05, 3.63) is 36.0 Å². The molecular weight excluding hydrogens is 348 g/mol. The number of aromatic nitrogens is 3. The summed E-state index contributed by atoms with van der Waals surface area (Å²) in [7, 11) is -2.28. The Bertz CT molecular complexity index is 1010. The standard InChI is InChI=1S/C15H16N4O3S2/c1-9-8-12(16)19-14(17-9)13(15(18-19)23-3)24(20,21)11-6-4-10(22-2)5-7-11/h4-8H,16H2,1-3H3. The summed E-state index contributed by atoms with van der Waals surface area (Å²) in [5.74, 6) is 0.918. The second-order valence-electron chi connectivity index (χ2n) is 5.08. The number of nitrogens with two attached hydrogens (primary N) is 1. The van der Waals surface area contributed by atoms with Gasteiger partial charge >= 0.3 is 0 Å². The number of nitrogens with zero attached hydrogens (tertiary/aromatic N) is 3. The molecular formula is C15H16N4O3S2. The van der Waals surface area contributed by atoms with Gasteiger partial charge in [0, 0.05) is 11.8 Å². The van der Waals surface area contributed by atoms with Crippen LogP contribution < -0.4 is 10.5 Å². The molecule has 0 aliphatic rings. The minimum atomic E-state index is -3.80. The number of methoxy groups -OCH3 is 1. The fourth-order valence-corrected chi connectivity index (χ4v) is 4.76. The van der Waals surface area contributed by atoms with Gasteiger partial charge in [0.1, 0.15) is 16.6 Å². The highest BCUT2D eigenvalue weighted by atomic mass is 32.2. The van der Waals surface area contributed by atoms with E-state index in [1.54, 1.807) is 31.4 Å². The van der Waals surface area contributed by atoms with E-state index >= 15 is 0 Å². The molecule has 0 spiro atoms. The number of sulfone groups is 1. The van der Waals surface area contributed by atoms with Crippen molar-refractivity contribution < 1.29 is 13.2 Å². The van der Waals surface area contributed by atoms with E-state index in [-0.39, 0.29) is 15.4 Å². The lowest BCUT2D eigenvalue weighted by molar-refractivity contribution is 0.414. The zero-order chi connectivity index (χ0) is 17.5. The number of hydrogen-bond donors (Lipinski definition) is 1. The molecule has 0 saturated carbocycles. The van der Waals surface area contributed by atoms with Crippen LogP contribution in [0, 0.1) is 6.92 Å². The highest BCUT2D eigenvalue weighted by molar-refractivity contribution is 7.99. The molecule has 0 aliphatic heterocycles. The van der Waals surface area contributed by atoms with Gasteiger partial charge in [-0.25, -0.2) is 13.4 Å². The van der Waals surface area contributed by atoms with Crippen molar-refractivity contribution in [3.8, 4) is 5.75 Å². The van der Waals surface area contributed by atoms with Crippen molar-refractivity contribution in [2.45, 2.75) is 21.7 Å². The van der Waals surface area contributed by atoms with Crippen molar-refractivity contribution >= 4 is 33.1 Å². The van der Waals surface area contributed by atoms with Crippen LogP contribution in [0.25, 0.3) is 5.65 Å². The molecule has 2 aromatic heterocycles. The second kappa shape index (κ2) is 5.99. The number of nitrogen functional groups attached to an aromatic ring is 1. The van der Waals surface area contributed by atoms with E-state index in [2.05, 4.69) is 10.1 Å². The van der Waals surface area contributed by atoms with Gasteiger partial charge in [-0.2, -0.15) is 9.61 Å². The SMILES string of the molecule is COc1ccc(S(=O)(=O)c2c(SC)nn3c(N)cc(C)nc23)cc1. The first-order valence-electron chi connectivity index (χ1n) is 6.97. The van der Waals surface area contributed by atoms with Crippen molar-refractivity contribution in [3.63, 3.8) is 0 Å². The lowest BCUT2D eigenvalue weighted by Gasteiger charge is -2.06. The summed E-state index contributed by atoms with van der Waals surface area (Å²) in [5, 5.41) is 4.64. The summed E-state index contributed by atoms with van der Waals surface area (Å²) in [6.45, 7) is 1.76. The first-order valence-corrected chi connectivity index (χ1v) is 9.68. The molecule has 3 aromatic rings. The Hall–Kier alpha value is -2.26. The Kier molecular flexibility index (Phi) is 4.14. The number of benzene rings is 1. The number of hydrogen-bond acceptors (Lipinski definition) is 7. The van der Waals surface area contributed by atoms with E-state index in [0.29, 0.717) is 22.3 Å². The zero-order valence-corrected chi connectivity index (χ0v) is 15.0. The maximum atomic E-state index is 13.1. The van der Waals surface area contributed by atoms with Gasteiger partial charge in [0.05, 0.1) is 12.0 Å². The number of ether oxygens (including phenoxy) is 1. The largest absolute Gasteiger partial charge is 0.497 e. The Balaban J connectivity index is 2.30. The molecule has 0 unspecified atom stereocenters. The van der Waals surface area contributed by atoms with Crippen LogP contribution >= 0.6 is 11.8 Å². The van der Waals surface area contributed by atoms with Crippen LogP contribution in [0.3, 0.4) is 0 Å². The first kappa shape index (κ1) is 16.6. The molecule has 24 heavy (non-hydrogen) atoms. The Morgan fingerprint density at radius 3 is 2.50 bits per heavy atom. The van der Waals surface area contributed by atoms with Gasteiger partial charge in [-0.15, -0.1) is 11.8 Å². The number of aryl methyl sites for hydroxylation is 1. The maximum absolute atomic E-state index is 13.1. The van der Waals surface area contributed by atoms with Crippen LogP contribution in [-0.4, -0.2) is 36.4 Å². The molecule has 0 amide bonds. The molecule has 0 aliphatic carbocycles. The van der Waals surface area contributed by atoms with Crippen molar-refractivity contribution in [1.29, 1.82) is 0 Å². The lowest BCUT2D eigenvalue weighted by Crippen LogP contribution is -2.05. The zero-order valence-electron chi connectivity index (χ0n) is 13.3. The second-order valence-corrected chi connectivity index (χ2v) is 7.76. The summed E-state index contributed by atoms with van der Waals surface area (Å²) in [4.78, 5) is 4.55. The van der Waals surface area contributed by atoms with Gasteiger partial charge in [0.15, 0.2) is 10.5 Å². The maximum Gasteiger partial charge on any atom is 0.213 e. The van der Waals surface area contributed by atoms with E-state index in [0.717, 1.165) is 0 Å². The third kappa shape index (κ3) is 2.59. The molecule has 0 radical (unpaired) electrons. The summed E-state index contributed by atoms with van der Waals surface area (Å²) >= 11 is 1.23. The average molecular weight is 364 g/mol. The fourth-order valence-electron chi connectivity index (χ4n) is 2.37. The molecule has 7 nitrogen and oxygen atoms in total. The summed E-state index contributed by atoms with van der Waals surface area (Å²) < 4.78 is 32.7. The third-order valence-electron chi connectivity index (χ3n) is 3.50. The van der Waals surface area contributed by atoms with E-state index in [9.17, 15) is 8.42 Å². The fraction of sp³-hybridized carbons (Fsp3) is 0.200. The monoisotopic (exact) mass is 364 g/mol. The van der Waals surface area contributed by atoms with Gasteiger partial charge in [-0.1, -0.05) is 0 Å². The van der Waals surface area contributed by atoms with Crippen LogP contribution in [0.4, 0.5) is 5.82 Å². The lowest BCUT2D eigenvalue weighted by atomic mass is 10.3. The number of thioether (sulfide) groups is 1. The molecule has 0 fully saturated rings. The molecule has 2 N–H and O–H groups in total. The predicted molar refractivity (Wildman–Crippen MR) is 92.4 cm³/mol. The van der Waals surface area contributed by atoms with Crippen LogP contribution in [0.5, 0.6) is 5.75 Å². The Labute approximate surface area is 143 Å². The number of fused-ring (bicyclic) bond motifs is 1. The van der Waals surface area contributed by atoms with Crippen LogP contribution in [0.15, 0.2) is 45.1 Å². The molecule has 2 heterocycles. The number of anilines is 1. The topological polar surface area (TPSA) is 99.6 Å². The smallest absolute Gasteiger partial charge is 0.213 e. The molecule has 1 aromatic carbocycles. The van der Waals surface area contributed by atoms with Crippen molar-refractivity contribution in [2.24, 2.45) is 0 Å². The number of rotatable bonds is 4. The highest BCUT2D eigenvalue weighted by Crippen LogP contribution is 2.33. The third-order valence-corrected chi connectivity index (χ3v) is 6.11. The van der Waals surface area contributed by atoms with Gasteiger partial charge in [0.2, 0.25) is 9.84 Å². The Morgan fingerprint density at radius 2 is 1.92 bits per heavy atom. The quantitative estimate of drug-likeness (QED) is 0.708. The minimum absolute atomic E-state index is 0.0653.